The molecule has 1 aliphatic rings. The SMILES string of the molecule is O=C(O)[C@@H](O)c1ccc(N2CCOCC2)cc1. The number of aliphatic hydroxyl groups excluding tert-OH is 1. The number of carbonyl (C=O) groups is 1. The Morgan fingerprint density at radius 2 is 1.82 bits per heavy atom. The first-order chi connectivity index (χ1) is 8.18. The third-order valence-electron chi connectivity index (χ3n) is 2.82. The lowest BCUT2D eigenvalue weighted by molar-refractivity contribution is -0.146. The van der Waals surface area contributed by atoms with Gasteiger partial charge in [0, 0.05) is 18.8 Å². The number of aliphatic carboxylic acids is 1. The minimum absolute atomic E-state index is 0.398. The quantitative estimate of drug-likeness (QED) is 0.807. The average Bonchev–Trinajstić information content (AvgIpc) is 2.39. The Labute approximate surface area is 99.2 Å². The second-order valence-electron chi connectivity index (χ2n) is 3.93. The summed E-state index contributed by atoms with van der Waals surface area (Å²) >= 11 is 0. The Balaban J connectivity index is 2.09. The van der Waals surface area contributed by atoms with E-state index in [2.05, 4.69) is 4.90 Å². The fraction of sp³-hybridized carbons (Fsp3) is 0.417. The predicted molar refractivity (Wildman–Crippen MR) is 62.1 cm³/mol. The van der Waals surface area contributed by atoms with Gasteiger partial charge >= 0.3 is 5.97 Å². The molecule has 2 N–H and O–H groups in total. The summed E-state index contributed by atoms with van der Waals surface area (Å²) in [5, 5.41) is 18.0. The van der Waals surface area contributed by atoms with Crippen molar-refractivity contribution in [1.82, 2.24) is 0 Å². The largest absolute Gasteiger partial charge is 0.479 e. The van der Waals surface area contributed by atoms with Crippen LogP contribution in [0.5, 0.6) is 0 Å². The summed E-state index contributed by atoms with van der Waals surface area (Å²) in [6.07, 6.45) is -1.45. The van der Waals surface area contributed by atoms with Crippen LogP contribution in [0.2, 0.25) is 0 Å². The molecule has 17 heavy (non-hydrogen) atoms. The van der Waals surface area contributed by atoms with Crippen LogP contribution >= 0.6 is 0 Å². The fourth-order valence-corrected chi connectivity index (χ4v) is 1.83. The Hall–Kier alpha value is -1.59. The number of morpholine rings is 1. The maximum absolute atomic E-state index is 10.6. The van der Waals surface area contributed by atoms with Crippen LogP contribution in [0.1, 0.15) is 11.7 Å². The molecule has 0 amide bonds. The van der Waals surface area contributed by atoms with Crippen LogP contribution in [0.3, 0.4) is 0 Å². The highest BCUT2D eigenvalue weighted by molar-refractivity contribution is 5.74. The van der Waals surface area contributed by atoms with E-state index in [4.69, 9.17) is 9.84 Å². The van der Waals surface area contributed by atoms with E-state index in [0.29, 0.717) is 18.8 Å². The zero-order valence-corrected chi connectivity index (χ0v) is 9.37. The van der Waals surface area contributed by atoms with E-state index >= 15 is 0 Å². The summed E-state index contributed by atoms with van der Waals surface area (Å²) in [6, 6.07) is 6.94. The number of carboxylic acids is 1. The standard InChI is InChI=1S/C12H15NO4/c14-11(12(15)16)9-1-3-10(4-2-9)13-5-7-17-8-6-13/h1-4,11,14H,5-8H2,(H,15,16)/t11-/m0/s1. The molecule has 0 aromatic heterocycles. The van der Waals surface area contributed by atoms with Gasteiger partial charge in [-0.1, -0.05) is 12.1 Å². The molecule has 0 bridgehead atoms. The van der Waals surface area contributed by atoms with Crippen LogP contribution < -0.4 is 4.90 Å². The van der Waals surface area contributed by atoms with Crippen LogP contribution in [-0.4, -0.2) is 42.5 Å². The monoisotopic (exact) mass is 237 g/mol. The highest BCUT2D eigenvalue weighted by Gasteiger charge is 2.16. The van der Waals surface area contributed by atoms with Gasteiger partial charge in [0.05, 0.1) is 13.2 Å². The van der Waals surface area contributed by atoms with Gasteiger partial charge in [-0.15, -0.1) is 0 Å². The summed E-state index contributed by atoms with van der Waals surface area (Å²) in [5.41, 5.74) is 1.42. The molecule has 1 fully saturated rings. The van der Waals surface area contributed by atoms with Gasteiger partial charge in [0.25, 0.3) is 0 Å². The first-order valence-electron chi connectivity index (χ1n) is 5.52. The van der Waals surface area contributed by atoms with Crippen molar-refractivity contribution in [1.29, 1.82) is 0 Å². The van der Waals surface area contributed by atoms with Crippen molar-refractivity contribution in [2.45, 2.75) is 6.10 Å². The van der Waals surface area contributed by atoms with Gasteiger partial charge in [-0.2, -0.15) is 0 Å². The van der Waals surface area contributed by atoms with E-state index in [0.717, 1.165) is 18.8 Å². The summed E-state index contributed by atoms with van der Waals surface area (Å²) in [4.78, 5) is 12.8. The number of nitrogens with zero attached hydrogens (tertiary/aromatic N) is 1. The molecule has 0 aliphatic carbocycles. The normalized spacial score (nSPS) is 17.8. The van der Waals surface area contributed by atoms with E-state index in [1.54, 1.807) is 12.1 Å². The number of carboxylic acid groups (broad SMARTS) is 1. The van der Waals surface area contributed by atoms with Crippen LogP contribution in [-0.2, 0) is 9.53 Å². The van der Waals surface area contributed by atoms with Crippen molar-refractivity contribution < 1.29 is 19.7 Å². The molecule has 1 aliphatic heterocycles. The minimum atomic E-state index is -1.45. The van der Waals surface area contributed by atoms with E-state index in [-0.39, 0.29) is 0 Å². The van der Waals surface area contributed by atoms with E-state index in [9.17, 15) is 9.90 Å². The molecule has 5 nitrogen and oxygen atoms in total. The molecule has 1 heterocycles. The highest BCUT2D eigenvalue weighted by Crippen LogP contribution is 2.20. The maximum atomic E-state index is 10.6. The Bertz CT molecular complexity index is 384. The molecule has 0 unspecified atom stereocenters. The van der Waals surface area contributed by atoms with Crippen molar-refractivity contribution in [2.75, 3.05) is 31.2 Å². The summed E-state index contributed by atoms with van der Waals surface area (Å²) in [7, 11) is 0. The molecular formula is C12H15NO4. The Morgan fingerprint density at radius 3 is 2.35 bits per heavy atom. The van der Waals surface area contributed by atoms with Gasteiger partial charge in [-0.05, 0) is 17.7 Å². The molecule has 2 rings (SSSR count). The van der Waals surface area contributed by atoms with Crippen molar-refractivity contribution >= 4 is 11.7 Å². The van der Waals surface area contributed by atoms with Crippen molar-refractivity contribution in [3.8, 4) is 0 Å². The molecule has 1 aromatic rings. The smallest absolute Gasteiger partial charge is 0.337 e. The summed E-state index contributed by atoms with van der Waals surface area (Å²) in [5.74, 6) is -1.23. The number of hydrogen-bond acceptors (Lipinski definition) is 4. The third kappa shape index (κ3) is 2.75. The lowest BCUT2D eigenvalue weighted by Gasteiger charge is -2.29. The zero-order valence-electron chi connectivity index (χ0n) is 9.37. The molecular weight excluding hydrogens is 222 g/mol. The van der Waals surface area contributed by atoms with Crippen molar-refractivity contribution in [3.05, 3.63) is 29.8 Å². The topological polar surface area (TPSA) is 70.0 Å². The van der Waals surface area contributed by atoms with Crippen molar-refractivity contribution in [2.24, 2.45) is 0 Å². The van der Waals surface area contributed by atoms with Gasteiger partial charge in [0.1, 0.15) is 0 Å². The number of ether oxygens (including phenoxy) is 1. The lowest BCUT2D eigenvalue weighted by Crippen LogP contribution is -2.36. The minimum Gasteiger partial charge on any atom is -0.479 e. The molecule has 1 saturated heterocycles. The number of benzene rings is 1. The first-order valence-corrected chi connectivity index (χ1v) is 5.52. The molecule has 1 aromatic carbocycles. The molecule has 0 spiro atoms. The van der Waals surface area contributed by atoms with Gasteiger partial charge in [0.2, 0.25) is 0 Å². The number of rotatable bonds is 3. The molecule has 92 valence electrons. The van der Waals surface area contributed by atoms with Gasteiger partial charge in [-0.25, -0.2) is 4.79 Å². The maximum Gasteiger partial charge on any atom is 0.337 e. The lowest BCUT2D eigenvalue weighted by atomic mass is 10.1. The van der Waals surface area contributed by atoms with Crippen LogP contribution in [0.4, 0.5) is 5.69 Å². The van der Waals surface area contributed by atoms with E-state index in [1.807, 2.05) is 12.1 Å². The Morgan fingerprint density at radius 1 is 1.24 bits per heavy atom. The molecule has 0 radical (unpaired) electrons. The fourth-order valence-electron chi connectivity index (χ4n) is 1.83. The summed E-state index contributed by atoms with van der Waals surface area (Å²) < 4.78 is 5.26. The van der Waals surface area contributed by atoms with Crippen molar-refractivity contribution in [3.63, 3.8) is 0 Å². The zero-order chi connectivity index (χ0) is 12.3. The van der Waals surface area contributed by atoms with Crippen LogP contribution in [0.15, 0.2) is 24.3 Å². The van der Waals surface area contributed by atoms with Gasteiger partial charge in [-0.3, -0.25) is 0 Å². The van der Waals surface area contributed by atoms with Gasteiger partial charge < -0.3 is 19.8 Å². The van der Waals surface area contributed by atoms with Gasteiger partial charge in [0.15, 0.2) is 6.10 Å². The van der Waals surface area contributed by atoms with Crippen LogP contribution in [0.25, 0.3) is 0 Å². The third-order valence-corrected chi connectivity index (χ3v) is 2.82. The second kappa shape index (κ2) is 5.16. The van der Waals surface area contributed by atoms with E-state index < -0.39 is 12.1 Å². The number of hydrogen-bond donors (Lipinski definition) is 2. The Kier molecular flexibility index (Phi) is 3.61. The molecule has 1 atom stereocenters. The second-order valence-corrected chi connectivity index (χ2v) is 3.93. The molecule has 5 heteroatoms. The first kappa shape index (κ1) is 11.9. The molecule has 0 saturated carbocycles. The summed E-state index contributed by atoms with van der Waals surface area (Å²) in [6.45, 7) is 3.08. The van der Waals surface area contributed by atoms with Crippen LogP contribution in [0, 0.1) is 0 Å². The number of aliphatic hydroxyl groups is 1. The predicted octanol–water partition coefficient (Wildman–Crippen LogP) is 0.641. The average molecular weight is 237 g/mol. The number of anilines is 1. The van der Waals surface area contributed by atoms with E-state index in [1.165, 1.54) is 0 Å². The highest BCUT2D eigenvalue weighted by atomic mass is 16.5.